The zero-order valence-corrected chi connectivity index (χ0v) is 9.85. The van der Waals surface area contributed by atoms with Crippen LogP contribution in [0.25, 0.3) is 0 Å². The summed E-state index contributed by atoms with van der Waals surface area (Å²) in [6, 6.07) is 0. The van der Waals surface area contributed by atoms with Crippen LogP contribution in [0.5, 0.6) is 0 Å². The Labute approximate surface area is 83.4 Å². The molecule has 0 aromatic carbocycles. The largest absolute Gasteiger partial charge is 0.0882 e. The minimum atomic E-state index is 0.622. The third kappa shape index (κ3) is 1.98. The van der Waals surface area contributed by atoms with Crippen molar-refractivity contribution in [3.63, 3.8) is 0 Å². The lowest BCUT2D eigenvalue weighted by Gasteiger charge is -2.23. The van der Waals surface area contributed by atoms with Gasteiger partial charge in [-0.05, 0) is 37.0 Å². The molecule has 3 atom stereocenters. The minimum Gasteiger partial charge on any atom is -0.0882 e. The van der Waals surface area contributed by atoms with E-state index in [4.69, 9.17) is 0 Å². The van der Waals surface area contributed by atoms with Crippen molar-refractivity contribution in [1.82, 2.24) is 0 Å². The zero-order valence-electron chi connectivity index (χ0n) is 9.85. The second-order valence-corrected chi connectivity index (χ2v) is 4.95. The van der Waals surface area contributed by atoms with Crippen LogP contribution in [0.4, 0.5) is 0 Å². The topological polar surface area (TPSA) is 0 Å². The minimum absolute atomic E-state index is 0.622. The van der Waals surface area contributed by atoms with Crippen molar-refractivity contribution in [2.45, 2.75) is 53.9 Å². The normalized spacial score (nSPS) is 36.1. The van der Waals surface area contributed by atoms with Gasteiger partial charge in [-0.25, -0.2) is 0 Å². The van der Waals surface area contributed by atoms with E-state index in [1.54, 1.807) is 5.57 Å². The van der Waals surface area contributed by atoms with Crippen molar-refractivity contribution in [3.8, 4) is 0 Å². The van der Waals surface area contributed by atoms with Gasteiger partial charge in [-0.3, -0.25) is 0 Å². The van der Waals surface area contributed by atoms with Gasteiger partial charge in [-0.15, -0.1) is 0 Å². The predicted molar refractivity (Wildman–Crippen MR) is 59.7 cm³/mol. The molecule has 0 N–H and O–H groups in total. The highest BCUT2D eigenvalue weighted by molar-refractivity contribution is 5.15. The van der Waals surface area contributed by atoms with E-state index in [1.165, 1.54) is 19.3 Å². The van der Waals surface area contributed by atoms with Crippen LogP contribution in [-0.2, 0) is 0 Å². The maximum Gasteiger partial charge on any atom is -0.0175 e. The van der Waals surface area contributed by atoms with Gasteiger partial charge < -0.3 is 0 Å². The molecule has 0 amide bonds. The van der Waals surface area contributed by atoms with E-state index in [2.05, 4.69) is 40.7 Å². The summed E-state index contributed by atoms with van der Waals surface area (Å²) in [5, 5.41) is 0. The Balaban J connectivity index is 2.60. The first-order chi connectivity index (χ1) is 6.06. The van der Waals surface area contributed by atoms with Gasteiger partial charge in [0.15, 0.2) is 0 Å². The highest BCUT2D eigenvalue weighted by Gasteiger charge is 2.50. The van der Waals surface area contributed by atoms with Crippen LogP contribution in [-0.4, -0.2) is 0 Å². The molecule has 3 unspecified atom stereocenters. The molecule has 1 fully saturated rings. The number of hydrogen-bond acceptors (Lipinski definition) is 0. The summed E-state index contributed by atoms with van der Waals surface area (Å²) in [6.45, 7) is 11.7. The molecule has 0 aliphatic heterocycles. The van der Waals surface area contributed by atoms with Crippen LogP contribution in [0, 0.1) is 17.3 Å². The lowest BCUT2D eigenvalue weighted by atomic mass is 9.82. The molecule has 1 saturated carbocycles. The van der Waals surface area contributed by atoms with Crippen LogP contribution in [0.1, 0.15) is 53.9 Å². The summed E-state index contributed by atoms with van der Waals surface area (Å²) in [6.07, 6.45) is 6.34. The Morgan fingerprint density at radius 3 is 2.46 bits per heavy atom. The van der Waals surface area contributed by atoms with Gasteiger partial charge in [0.05, 0.1) is 0 Å². The summed E-state index contributed by atoms with van der Waals surface area (Å²) in [7, 11) is 0. The van der Waals surface area contributed by atoms with Gasteiger partial charge in [0, 0.05) is 0 Å². The third-order valence-corrected chi connectivity index (χ3v) is 4.17. The molecule has 1 aliphatic rings. The fraction of sp³-hybridized carbons (Fsp3) is 0.846. The van der Waals surface area contributed by atoms with Crippen LogP contribution in [0.2, 0.25) is 0 Å². The number of allylic oxidation sites excluding steroid dienone is 2. The average molecular weight is 180 g/mol. The number of rotatable bonds is 4. The summed E-state index contributed by atoms with van der Waals surface area (Å²) >= 11 is 0. The van der Waals surface area contributed by atoms with Crippen molar-refractivity contribution in [1.29, 1.82) is 0 Å². The quantitative estimate of drug-likeness (QED) is 0.562. The van der Waals surface area contributed by atoms with Crippen molar-refractivity contribution >= 4 is 0 Å². The maximum atomic E-state index is 2.45. The first-order valence-electron chi connectivity index (χ1n) is 5.71. The third-order valence-electron chi connectivity index (χ3n) is 4.17. The molecule has 76 valence electrons. The van der Waals surface area contributed by atoms with Crippen LogP contribution in [0.15, 0.2) is 11.6 Å². The van der Waals surface area contributed by atoms with Crippen molar-refractivity contribution < 1.29 is 0 Å². The van der Waals surface area contributed by atoms with E-state index in [0.29, 0.717) is 5.41 Å². The maximum absolute atomic E-state index is 2.45. The standard InChI is InChI=1S/C13H24/c1-6-8-12(7-2)11(4)13(5)9-10(13)3/h7,10-11H,6,8-9H2,1-5H3. The fourth-order valence-electron chi connectivity index (χ4n) is 2.53. The van der Waals surface area contributed by atoms with Gasteiger partial charge in [-0.1, -0.05) is 45.8 Å². The first-order valence-corrected chi connectivity index (χ1v) is 5.71. The molecule has 0 aromatic rings. The van der Waals surface area contributed by atoms with Crippen molar-refractivity contribution in [2.24, 2.45) is 17.3 Å². The highest BCUT2D eigenvalue weighted by Crippen LogP contribution is 2.59. The van der Waals surface area contributed by atoms with Gasteiger partial charge >= 0.3 is 0 Å². The molecule has 0 heterocycles. The summed E-state index contributed by atoms with van der Waals surface area (Å²) < 4.78 is 0. The molecular formula is C13H24. The average Bonchev–Trinajstić information content (AvgIpc) is 2.71. The molecule has 0 radical (unpaired) electrons. The highest BCUT2D eigenvalue weighted by atomic mass is 14.5. The molecule has 1 aliphatic carbocycles. The zero-order chi connectivity index (χ0) is 10.1. The Morgan fingerprint density at radius 2 is 2.15 bits per heavy atom. The monoisotopic (exact) mass is 180 g/mol. The summed E-state index contributed by atoms with van der Waals surface area (Å²) in [4.78, 5) is 0. The second-order valence-electron chi connectivity index (χ2n) is 4.95. The molecule has 0 bridgehead atoms. The Morgan fingerprint density at radius 1 is 1.62 bits per heavy atom. The smallest absolute Gasteiger partial charge is 0.0175 e. The summed E-state index contributed by atoms with van der Waals surface area (Å²) in [5.74, 6) is 1.74. The van der Waals surface area contributed by atoms with E-state index >= 15 is 0 Å². The van der Waals surface area contributed by atoms with E-state index in [0.717, 1.165) is 11.8 Å². The van der Waals surface area contributed by atoms with E-state index in [-0.39, 0.29) is 0 Å². The molecule has 0 nitrogen and oxygen atoms in total. The Hall–Kier alpha value is -0.260. The molecule has 0 saturated heterocycles. The van der Waals surface area contributed by atoms with Crippen molar-refractivity contribution in [2.75, 3.05) is 0 Å². The molecule has 13 heavy (non-hydrogen) atoms. The van der Waals surface area contributed by atoms with E-state index in [9.17, 15) is 0 Å². The van der Waals surface area contributed by atoms with Crippen molar-refractivity contribution in [3.05, 3.63) is 11.6 Å². The molecule has 0 heteroatoms. The Kier molecular flexibility index (Phi) is 3.21. The van der Waals surface area contributed by atoms with Crippen LogP contribution in [0.3, 0.4) is 0 Å². The van der Waals surface area contributed by atoms with Gasteiger partial charge in [0.2, 0.25) is 0 Å². The first kappa shape index (κ1) is 10.8. The molecule has 0 aromatic heterocycles. The molecule has 1 rings (SSSR count). The van der Waals surface area contributed by atoms with Gasteiger partial charge in [0.25, 0.3) is 0 Å². The molecular weight excluding hydrogens is 156 g/mol. The lowest BCUT2D eigenvalue weighted by molar-refractivity contribution is 0.376. The Bertz CT molecular complexity index is 202. The van der Waals surface area contributed by atoms with Gasteiger partial charge in [0.1, 0.15) is 0 Å². The summed E-state index contributed by atoms with van der Waals surface area (Å²) in [5.41, 5.74) is 2.30. The van der Waals surface area contributed by atoms with Gasteiger partial charge in [-0.2, -0.15) is 0 Å². The second kappa shape index (κ2) is 3.86. The predicted octanol–water partition coefficient (Wildman–Crippen LogP) is 4.42. The number of hydrogen-bond donors (Lipinski definition) is 0. The van der Waals surface area contributed by atoms with E-state index < -0.39 is 0 Å². The SMILES string of the molecule is CC=C(CCC)C(C)C1(C)CC1C. The lowest BCUT2D eigenvalue weighted by Crippen LogP contribution is -2.13. The fourth-order valence-corrected chi connectivity index (χ4v) is 2.53. The van der Waals surface area contributed by atoms with E-state index in [1.807, 2.05) is 0 Å². The van der Waals surface area contributed by atoms with Crippen LogP contribution >= 0.6 is 0 Å². The molecule has 0 spiro atoms. The van der Waals surface area contributed by atoms with Crippen LogP contribution < -0.4 is 0 Å².